The molecule has 144 valence electrons. The Morgan fingerprint density at radius 1 is 1.08 bits per heavy atom. The number of carbonyl (C=O) groups is 1. The summed E-state index contributed by atoms with van der Waals surface area (Å²) in [5.74, 6) is -0.294. The molecule has 26 heavy (non-hydrogen) atoms. The van der Waals surface area contributed by atoms with Gasteiger partial charge in [0.1, 0.15) is 6.10 Å². The van der Waals surface area contributed by atoms with E-state index in [0.29, 0.717) is 13.2 Å². The first-order chi connectivity index (χ1) is 12.1. The third-order valence-corrected chi connectivity index (χ3v) is 9.77. The van der Waals surface area contributed by atoms with Gasteiger partial charge >= 0.3 is 5.97 Å². The zero-order chi connectivity index (χ0) is 19.4. The molecule has 0 saturated heterocycles. The summed E-state index contributed by atoms with van der Waals surface area (Å²) in [6.07, 6.45) is 3.59. The Morgan fingerprint density at radius 3 is 2.27 bits per heavy atom. The summed E-state index contributed by atoms with van der Waals surface area (Å²) >= 11 is 0. The average Bonchev–Trinajstić information content (AvgIpc) is 2.88. The van der Waals surface area contributed by atoms with Crippen LogP contribution in [0.25, 0.3) is 0 Å². The maximum atomic E-state index is 11.5. The maximum absolute atomic E-state index is 11.5. The third kappa shape index (κ3) is 5.53. The molecule has 1 aliphatic carbocycles. The van der Waals surface area contributed by atoms with Crippen LogP contribution in [-0.2, 0) is 25.3 Å². The van der Waals surface area contributed by atoms with Gasteiger partial charge in [-0.3, -0.25) is 4.79 Å². The molecule has 0 N–H and O–H groups in total. The molecule has 5 heteroatoms. The molecular formula is C21H32O4Si. The summed E-state index contributed by atoms with van der Waals surface area (Å²) in [6, 6.07) is 10.1. The van der Waals surface area contributed by atoms with Crippen molar-refractivity contribution in [1.29, 1.82) is 0 Å². The molecule has 0 unspecified atom stereocenters. The number of ether oxygens (including phenoxy) is 2. The van der Waals surface area contributed by atoms with E-state index < -0.39 is 8.32 Å². The number of benzene rings is 1. The van der Waals surface area contributed by atoms with E-state index in [2.05, 4.69) is 33.9 Å². The SMILES string of the molecule is CC(=O)O[C@@H]1C=C[C@H](O[Si](C)(C)C(C)(C)C)[C@H]1COCc1ccccc1. The summed E-state index contributed by atoms with van der Waals surface area (Å²) in [6.45, 7) is 13.6. The second-order valence-electron chi connectivity index (χ2n) is 8.47. The molecule has 0 fully saturated rings. The molecule has 4 nitrogen and oxygen atoms in total. The van der Waals surface area contributed by atoms with Crippen molar-refractivity contribution in [3.05, 3.63) is 48.0 Å². The van der Waals surface area contributed by atoms with Gasteiger partial charge in [-0.15, -0.1) is 0 Å². The molecule has 0 radical (unpaired) electrons. The maximum Gasteiger partial charge on any atom is 0.303 e. The highest BCUT2D eigenvalue weighted by molar-refractivity contribution is 6.74. The Balaban J connectivity index is 2.03. The lowest BCUT2D eigenvalue weighted by molar-refractivity contribution is -0.148. The summed E-state index contributed by atoms with van der Waals surface area (Å²) in [4.78, 5) is 11.5. The van der Waals surface area contributed by atoms with Gasteiger partial charge in [0.2, 0.25) is 0 Å². The molecule has 0 aromatic heterocycles. The smallest absolute Gasteiger partial charge is 0.303 e. The van der Waals surface area contributed by atoms with Crippen LogP contribution in [0.4, 0.5) is 0 Å². The van der Waals surface area contributed by atoms with Gasteiger partial charge in [0.15, 0.2) is 8.32 Å². The Kier molecular flexibility index (Phi) is 6.83. The van der Waals surface area contributed by atoms with Crippen molar-refractivity contribution in [3.63, 3.8) is 0 Å². The molecule has 0 saturated carbocycles. The minimum Gasteiger partial charge on any atom is -0.458 e. The van der Waals surface area contributed by atoms with Gasteiger partial charge in [-0.1, -0.05) is 57.2 Å². The van der Waals surface area contributed by atoms with Crippen molar-refractivity contribution in [2.24, 2.45) is 5.92 Å². The molecule has 2 rings (SSSR count). The average molecular weight is 377 g/mol. The molecule has 3 atom stereocenters. The zero-order valence-corrected chi connectivity index (χ0v) is 17.8. The van der Waals surface area contributed by atoms with Crippen LogP contribution in [0.15, 0.2) is 42.5 Å². The van der Waals surface area contributed by atoms with Crippen molar-refractivity contribution in [2.45, 2.75) is 64.6 Å². The fourth-order valence-electron chi connectivity index (χ4n) is 2.73. The zero-order valence-electron chi connectivity index (χ0n) is 16.8. The Hall–Kier alpha value is -1.43. The summed E-state index contributed by atoms with van der Waals surface area (Å²) in [5.41, 5.74) is 1.13. The van der Waals surface area contributed by atoms with Crippen LogP contribution < -0.4 is 0 Å². The van der Waals surface area contributed by atoms with Crippen LogP contribution in [0.2, 0.25) is 18.1 Å². The van der Waals surface area contributed by atoms with Crippen molar-refractivity contribution in [2.75, 3.05) is 6.61 Å². The van der Waals surface area contributed by atoms with Crippen molar-refractivity contribution < 1.29 is 18.7 Å². The molecule has 1 aliphatic rings. The topological polar surface area (TPSA) is 44.8 Å². The van der Waals surface area contributed by atoms with Gasteiger partial charge in [0, 0.05) is 6.92 Å². The second-order valence-corrected chi connectivity index (χ2v) is 13.2. The number of esters is 1. The molecule has 0 bridgehead atoms. The lowest BCUT2D eigenvalue weighted by atomic mass is 10.0. The Morgan fingerprint density at radius 2 is 1.69 bits per heavy atom. The minimum atomic E-state index is -1.93. The van der Waals surface area contributed by atoms with Gasteiger partial charge in [-0.2, -0.15) is 0 Å². The van der Waals surface area contributed by atoms with E-state index in [9.17, 15) is 4.79 Å². The summed E-state index contributed by atoms with van der Waals surface area (Å²) < 4.78 is 18.0. The quantitative estimate of drug-likeness (QED) is 0.393. The van der Waals surface area contributed by atoms with Gasteiger partial charge in [0.25, 0.3) is 0 Å². The van der Waals surface area contributed by atoms with E-state index in [-0.39, 0.29) is 29.1 Å². The Labute approximate surface area is 158 Å². The van der Waals surface area contributed by atoms with Crippen LogP contribution in [0.5, 0.6) is 0 Å². The van der Waals surface area contributed by atoms with Gasteiger partial charge in [-0.05, 0) is 29.8 Å². The highest BCUT2D eigenvalue weighted by atomic mass is 28.4. The third-order valence-electron chi connectivity index (χ3n) is 5.30. The lowest BCUT2D eigenvalue weighted by Crippen LogP contribution is -2.46. The predicted octanol–water partition coefficient (Wildman–Crippen LogP) is 4.71. The molecule has 0 aliphatic heterocycles. The highest BCUT2D eigenvalue weighted by Gasteiger charge is 2.43. The molecule has 0 heterocycles. The minimum absolute atomic E-state index is 0.0169. The molecule has 1 aromatic rings. The largest absolute Gasteiger partial charge is 0.458 e. The molecule has 1 aromatic carbocycles. The lowest BCUT2D eigenvalue weighted by Gasteiger charge is -2.40. The van der Waals surface area contributed by atoms with E-state index in [0.717, 1.165) is 5.56 Å². The monoisotopic (exact) mass is 376 g/mol. The van der Waals surface area contributed by atoms with E-state index in [4.69, 9.17) is 13.9 Å². The van der Waals surface area contributed by atoms with Gasteiger partial charge in [0.05, 0.1) is 25.2 Å². The van der Waals surface area contributed by atoms with Crippen LogP contribution in [0.1, 0.15) is 33.3 Å². The van der Waals surface area contributed by atoms with E-state index >= 15 is 0 Å². The normalized spacial score (nSPS) is 23.2. The van der Waals surface area contributed by atoms with Gasteiger partial charge < -0.3 is 13.9 Å². The van der Waals surface area contributed by atoms with Gasteiger partial charge in [-0.25, -0.2) is 0 Å². The fourth-order valence-corrected chi connectivity index (χ4v) is 4.02. The number of rotatable bonds is 7. The van der Waals surface area contributed by atoms with Crippen molar-refractivity contribution in [1.82, 2.24) is 0 Å². The summed E-state index contributed by atoms with van der Waals surface area (Å²) in [7, 11) is -1.93. The first kappa shape index (κ1) is 20.9. The van der Waals surface area contributed by atoms with Crippen molar-refractivity contribution in [3.8, 4) is 0 Å². The van der Waals surface area contributed by atoms with Crippen LogP contribution in [0, 0.1) is 5.92 Å². The Bertz CT molecular complexity index is 619. The summed E-state index contributed by atoms with van der Waals surface area (Å²) in [5, 5.41) is 0.121. The number of hydrogen-bond acceptors (Lipinski definition) is 4. The predicted molar refractivity (Wildman–Crippen MR) is 106 cm³/mol. The number of hydrogen-bond donors (Lipinski definition) is 0. The van der Waals surface area contributed by atoms with E-state index in [1.54, 1.807) is 0 Å². The van der Waals surface area contributed by atoms with E-state index in [1.165, 1.54) is 6.92 Å². The standard InChI is InChI=1S/C21H32O4Si/c1-16(22)24-19-12-13-20(25-26(5,6)21(2,3)4)18(19)15-23-14-17-10-8-7-9-11-17/h7-13,18-20H,14-15H2,1-6H3/t18-,19+,20-/m0/s1. The number of carbonyl (C=O) groups excluding carboxylic acids is 1. The van der Waals surface area contributed by atoms with Crippen molar-refractivity contribution >= 4 is 14.3 Å². The van der Waals surface area contributed by atoms with Crippen LogP contribution in [0.3, 0.4) is 0 Å². The van der Waals surface area contributed by atoms with Crippen LogP contribution in [-0.4, -0.2) is 33.1 Å². The van der Waals surface area contributed by atoms with Crippen LogP contribution >= 0.6 is 0 Å². The molecule has 0 amide bonds. The molecule has 0 spiro atoms. The fraction of sp³-hybridized carbons (Fsp3) is 0.571. The highest BCUT2D eigenvalue weighted by Crippen LogP contribution is 2.40. The second kappa shape index (κ2) is 8.50. The first-order valence-electron chi connectivity index (χ1n) is 9.25. The first-order valence-corrected chi connectivity index (χ1v) is 12.2. The molecular weight excluding hydrogens is 344 g/mol. The van der Waals surface area contributed by atoms with E-state index in [1.807, 2.05) is 42.5 Å².